The number of amides is 1. The predicted molar refractivity (Wildman–Crippen MR) is 113 cm³/mol. The minimum absolute atomic E-state index is 0.171. The van der Waals surface area contributed by atoms with Gasteiger partial charge in [-0.1, -0.05) is 36.4 Å². The zero-order valence-corrected chi connectivity index (χ0v) is 16.6. The van der Waals surface area contributed by atoms with Crippen LogP contribution in [-0.2, 0) is 11.4 Å². The molecule has 1 saturated heterocycles. The highest BCUT2D eigenvalue weighted by atomic mass is 32.2. The fourth-order valence-electron chi connectivity index (χ4n) is 3.22. The number of carbonyl (C=O) groups is 1. The summed E-state index contributed by atoms with van der Waals surface area (Å²) in [6, 6.07) is 15.7. The quantitative estimate of drug-likeness (QED) is 0.706. The summed E-state index contributed by atoms with van der Waals surface area (Å²) in [4.78, 5) is 19.3. The Bertz CT molecular complexity index is 919. The molecule has 0 aliphatic carbocycles. The van der Waals surface area contributed by atoms with Crippen LogP contribution < -0.4 is 9.47 Å². The molecule has 2 aromatic rings. The number of hydrogen-bond acceptors (Lipinski definition) is 5. The molecule has 0 saturated carbocycles. The maximum atomic E-state index is 12.3. The number of aliphatic imine (C=N–C) groups is 1. The van der Waals surface area contributed by atoms with E-state index in [1.54, 1.807) is 7.11 Å². The van der Waals surface area contributed by atoms with E-state index in [-0.39, 0.29) is 5.91 Å². The topological polar surface area (TPSA) is 51.1 Å². The molecule has 2 aromatic carbocycles. The first-order chi connectivity index (χ1) is 13.7. The van der Waals surface area contributed by atoms with E-state index >= 15 is 0 Å². The van der Waals surface area contributed by atoms with Gasteiger partial charge in [-0.25, -0.2) is 0 Å². The summed E-state index contributed by atoms with van der Waals surface area (Å²) < 4.78 is 11.4. The van der Waals surface area contributed by atoms with Crippen LogP contribution in [0.15, 0.2) is 58.4 Å². The smallest absolute Gasteiger partial charge is 0.286 e. The van der Waals surface area contributed by atoms with Gasteiger partial charge in [-0.15, -0.1) is 0 Å². The van der Waals surface area contributed by atoms with Crippen molar-refractivity contribution in [3.63, 3.8) is 0 Å². The molecule has 2 aliphatic rings. The van der Waals surface area contributed by atoms with Crippen LogP contribution in [0.1, 0.15) is 24.0 Å². The molecule has 0 N–H and O–H groups in total. The van der Waals surface area contributed by atoms with Gasteiger partial charge in [-0.2, -0.15) is 4.99 Å². The van der Waals surface area contributed by atoms with E-state index in [0.29, 0.717) is 23.0 Å². The predicted octanol–water partition coefficient (Wildman–Crippen LogP) is 4.34. The summed E-state index contributed by atoms with van der Waals surface area (Å²) >= 11 is 1.45. The van der Waals surface area contributed by atoms with Crippen molar-refractivity contribution >= 4 is 28.9 Å². The molecule has 1 amide bonds. The molecule has 0 bridgehead atoms. The van der Waals surface area contributed by atoms with E-state index in [0.717, 1.165) is 42.2 Å². The molecule has 0 unspecified atom stereocenters. The van der Waals surface area contributed by atoms with Crippen LogP contribution in [0, 0.1) is 0 Å². The fraction of sp³-hybridized carbons (Fsp3) is 0.273. The Labute approximate surface area is 169 Å². The molecule has 6 heteroatoms. The van der Waals surface area contributed by atoms with Crippen molar-refractivity contribution in [3.8, 4) is 11.5 Å². The Morgan fingerprint density at radius 3 is 2.64 bits per heavy atom. The van der Waals surface area contributed by atoms with Crippen LogP contribution in [0.2, 0.25) is 0 Å². The Morgan fingerprint density at radius 2 is 1.89 bits per heavy atom. The van der Waals surface area contributed by atoms with Gasteiger partial charge in [0, 0.05) is 13.1 Å². The van der Waals surface area contributed by atoms with E-state index in [4.69, 9.17) is 9.47 Å². The Kier molecular flexibility index (Phi) is 5.67. The lowest BCUT2D eigenvalue weighted by Gasteiger charge is -2.14. The van der Waals surface area contributed by atoms with Crippen LogP contribution in [0.4, 0.5) is 0 Å². The number of nitrogens with zero attached hydrogens (tertiary/aromatic N) is 2. The number of methoxy groups -OCH3 is 1. The number of likely N-dealkylation sites (tertiary alicyclic amines) is 1. The summed E-state index contributed by atoms with van der Waals surface area (Å²) in [6.07, 6.45) is 4.19. The summed E-state index contributed by atoms with van der Waals surface area (Å²) in [5.74, 6) is 1.14. The molecule has 28 heavy (non-hydrogen) atoms. The van der Waals surface area contributed by atoms with Crippen molar-refractivity contribution < 1.29 is 14.3 Å². The van der Waals surface area contributed by atoms with Gasteiger partial charge in [0.2, 0.25) is 0 Å². The SMILES string of the molecule is COc1cc(/C=C2\SC(N3CCCC3)=NC2=O)ccc1OCc1ccccc1. The minimum Gasteiger partial charge on any atom is -0.493 e. The van der Waals surface area contributed by atoms with Crippen molar-refractivity contribution in [2.45, 2.75) is 19.4 Å². The third-order valence-corrected chi connectivity index (χ3v) is 5.75. The number of thioether (sulfide) groups is 1. The van der Waals surface area contributed by atoms with Gasteiger partial charge in [-0.05, 0) is 53.9 Å². The van der Waals surface area contributed by atoms with Gasteiger partial charge in [0.25, 0.3) is 5.91 Å². The van der Waals surface area contributed by atoms with Crippen molar-refractivity contribution in [3.05, 3.63) is 64.6 Å². The molecule has 144 valence electrons. The monoisotopic (exact) mass is 394 g/mol. The Hall–Kier alpha value is -2.73. The molecular formula is C22H22N2O3S. The number of carbonyl (C=O) groups excluding carboxylic acids is 1. The molecule has 0 atom stereocenters. The molecule has 2 heterocycles. The second-order valence-corrected chi connectivity index (χ2v) is 7.70. The first kappa shape index (κ1) is 18.6. The summed E-state index contributed by atoms with van der Waals surface area (Å²) in [6.45, 7) is 2.43. The van der Waals surface area contributed by atoms with E-state index in [2.05, 4.69) is 9.89 Å². The number of hydrogen-bond donors (Lipinski definition) is 0. The van der Waals surface area contributed by atoms with Crippen LogP contribution in [-0.4, -0.2) is 36.2 Å². The zero-order chi connectivity index (χ0) is 19.3. The molecule has 2 aliphatic heterocycles. The van der Waals surface area contributed by atoms with E-state index in [9.17, 15) is 4.79 Å². The van der Waals surface area contributed by atoms with Crippen LogP contribution in [0.3, 0.4) is 0 Å². The highest BCUT2D eigenvalue weighted by Gasteiger charge is 2.27. The zero-order valence-electron chi connectivity index (χ0n) is 15.8. The van der Waals surface area contributed by atoms with Gasteiger partial charge in [0.05, 0.1) is 12.0 Å². The Morgan fingerprint density at radius 1 is 1.11 bits per heavy atom. The highest BCUT2D eigenvalue weighted by molar-refractivity contribution is 8.18. The van der Waals surface area contributed by atoms with Crippen molar-refractivity contribution in [2.75, 3.05) is 20.2 Å². The van der Waals surface area contributed by atoms with Crippen molar-refractivity contribution in [1.82, 2.24) is 4.90 Å². The lowest BCUT2D eigenvalue weighted by Crippen LogP contribution is -2.23. The number of benzene rings is 2. The second-order valence-electron chi connectivity index (χ2n) is 6.69. The van der Waals surface area contributed by atoms with Crippen LogP contribution >= 0.6 is 11.8 Å². The lowest BCUT2D eigenvalue weighted by atomic mass is 10.2. The van der Waals surface area contributed by atoms with Crippen LogP contribution in [0.25, 0.3) is 6.08 Å². The van der Waals surface area contributed by atoms with Gasteiger partial charge in [0.1, 0.15) is 6.61 Å². The van der Waals surface area contributed by atoms with E-state index < -0.39 is 0 Å². The maximum Gasteiger partial charge on any atom is 0.286 e. The number of rotatable bonds is 5. The van der Waals surface area contributed by atoms with Crippen LogP contribution in [0.5, 0.6) is 11.5 Å². The van der Waals surface area contributed by atoms with Gasteiger partial charge in [0.15, 0.2) is 16.7 Å². The largest absolute Gasteiger partial charge is 0.493 e. The summed E-state index contributed by atoms with van der Waals surface area (Å²) in [7, 11) is 1.62. The van der Waals surface area contributed by atoms with E-state index in [1.807, 2.05) is 54.6 Å². The first-order valence-corrected chi connectivity index (χ1v) is 10.2. The number of ether oxygens (including phenoxy) is 2. The maximum absolute atomic E-state index is 12.3. The molecule has 0 spiro atoms. The molecule has 0 aromatic heterocycles. The normalized spacial score (nSPS) is 17.9. The van der Waals surface area contributed by atoms with Gasteiger partial charge < -0.3 is 14.4 Å². The average Bonchev–Trinajstić information content (AvgIpc) is 3.38. The van der Waals surface area contributed by atoms with Gasteiger partial charge in [-0.3, -0.25) is 4.79 Å². The third kappa shape index (κ3) is 4.22. The lowest BCUT2D eigenvalue weighted by molar-refractivity contribution is -0.113. The molecule has 5 nitrogen and oxygen atoms in total. The molecular weight excluding hydrogens is 372 g/mol. The van der Waals surface area contributed by atoms with E-state index in [1.165, 1.54) is 11.8 Å². The van der Waals surface area contributed by atoms with Crippen molar-refractivity contribution in [2.24, 2.45) is 4.99 Å². The molecule has 1 fully saturated rings. The second kappa shape index (κ2) is 8.52. The summed E-state index contributed by atoms with van der Waals surface area (Å²) in [5.41, 5.74) is 1.98. The van der Waals surface area contributed by atoms with Crippen molar-refractivity contribution in [1.29, 1.82) is 0 Å². The summed E-state index contributed by atoms with van der Waals surface area (Å²) in [5, 5.41) is 0.823. The third-order valence-electron chi connectivity index (χ3n) is 4.71. The number of amidine groups is 1. The average molecular weight is 394 g/mol. The molecule has 4 rings (SSSR count). The Balaban J connectivity index is 1.47. The standard InChI is InChI=1S/C22H22N2O3S/c1-26-19-13-17(9-10-18(19)27-15-16-7-3-2-4-8-16)14-20-21(25)23-22(28-20)24-11-5-6-12-24/h2-4,7-10,13-14H,5-6,11-12,15H2,1H3/b20-14-. The highest BCUT2D eigenvalue weighted by Crippen LogP contribution is 2.34. The molecule has 0 radical (unpaired) electrons. The fourth-order valence-corrected chi connectivity index (χ4v) is 4.19. The minimum atomic E-state index is -0.171. The first-order valence-electron chi connectivity index (χ1n) is 9.35. The van der Waals surface area contributed by atoms with Gasteiger partial charge >= 0.3 is 0 Å².